The molecule has 0 unspecified atom stereocenters. The van der Waals surface area contributed by atoms with E-state index in [1.165, 1.54) is 0 Å². The summed E-state index contributed by atoms with van der Waals surface area (Å²) < 4.78 is 30.4. The number of hydrogen-bond acceptors (Lipinski definition) is 2. The summed E-state index contributed by atoms with van der Waals surface area (Å²) in [4.78, 5) is 0. The number of hydrogen-bond donors (Lipinski definition) is 1. The average molecular weight is 266 g/mol. The van der Waals surface area contributed by atoms with Crippen molar-refractivity contribution < 1.29 is 13.0 Å². The lowest BCUT2D eigenvalue weighted by Crippen LogP contribution is -2.19. The molecule has 0 atom stereocenters. The molecule has 4 nitrogen and oxygen atoms in total. The zero-order valence-corrected chi connectivity index (χ0v) is 8.99. The maximum Gasteiger partial charge on any atom is 0.345 e. The molecule has 0 amide bonds. The van der Waals surface area contributed by atoms with Crippen LogP contribution in [0, 0.1) is 0 Å². The van der Waals surface area contributed by atoms with Gasteiger partial charge in [-0.25, -0.2) is 0 Å². The minimum atomic E-state index is -4.15. The molecule has 6 heteroatoms. The van der Waals surface area contributed by atoms with Gasteiger partial charge in [0.05, 0.1) is 6.54 Å². The van der Waals surface area contributed by atoms with E-state index in [0.717, 1.165) is 5.56 Å². The van der Waals surface area contributed by atoms with Gasteiger partial charge in [0, 0.05) is 16.1 Å². The van der Waals surface area contributed by atoms with Crippen LogP contribution in [0.2, 0.25) is 0 Å². The molecule has 0 bridgehead atoms. The maximum absolute atomic E-state index is 10.6. The van der Waals surface area contributed by atoms with E-state index in [0.29, 0.717) is 3.33 Å². The molecule has 1 aromatic rings. The largest absolute Gasteiger partial charge is 0.345 e. The SMILES string of the molecule is O=S(=O)(O)N(Br)Cc1ccccc1. The van der Waals surface area contributed by atoms with E-state index in [4.69, 9.17) is 4.55 Å². The van der Waals surface area contributed by atoms with Gasteiger partial charge in [0.1, 0.15) is 0 Å². The Hall–Kier alpha value is -0.430. The lowest BCUT2D eigenvalue weighted by molar-refractivity contribution is 0.436. The molecule has 1 rings (SSSR count). The summed E-state index contributed by atoms with van der Waals surface area (Å²) in [6, 6.07) is 8.94. The summed E-state index contributed by atoms with van der Waals surface area (Å²) in [6.45, 7) is 0.0969. The summed E-state index contributed by atoms with van der Waals surface area (Å²) in [7, 11) is -4.15. The van der Waals surface area contributed by atoms with Gasteiger partial charge in [-0.3, -0.25) is 4.55 Å². The molecule has 0 fully saturated rings. The van der Waals surface area contributed by atoms with Crippen LogP contribution in [0.25, 0.3) is 0 Å². The molecule has 0 aliphatic carbocycles. The van der Waals surface area contributed by atoms with Crippen LogP contribution < -0.4 is 0 Å². The van der Waals surface area contributed by atoms with E-state index < -0.39 is 10.3 Å². The smallest absolute Gasteiger partial charge is 0.273 e. The van der Waals surface area contributed by atoms with Gasteiger partial charge >= 0.3 is 10.3 Å². The summed E-state index contributed by atoms with van der Waals surface area (Å²) >= 11 is 2.73. The van der Waals surface area contributed by atoms with Crippen molar-refractivity contribution in [2.24, 2.45) is 0 Å². The van der Waals surface area contributed by atoms with Gasteiger partial charge < -0.3 is 0 Å². The molecule has 0 saturated carbocycles. The Morgan fingerprint density at radius 3 is 2.31 bits per heavy atom. The number of nitrogens with zero attached hydrogens (tertiary/aromatic N) is 1. The number of halogens is 1. The van der Waals surface area contributed by atoms with Gasteiger partial charge in [-0.2, -0.15) is 8.42 Å². The van der Waals surface area contributed by atoms with E-state index >= 15 is 0 Å². The molecule has 72 valence electrons. The fourth-order valence-electron chi connectivity index (χ4n) is 0.809. The fourth-order valence-corrected chi connectivity index (χ4v) is 1.41. The highest BCUT2D eigenvalue weighted by Gasteiger charge is 2.15. The Bertz CT molecular complexity index is 365. The summed E-state index contributed by atoms with van der Waals surface area (Å²) in [6.07, 6.45) is 0. The second-order valence-corrected chi connectivity index (χ2v) is 5.07. The lowest BCUT2D eigenvalue weighted by atomic mass is 10.2. The third kappa shape index (κ3) is 3.43. The molecule has 0 heterocycles. The molecule has 1 aromatic carbocycles. The van der Waals surface area contributed by atoms with Crippen molar-refractivity contribution in [3.05, 3.63) is 35.9 Å². The summed E-state index contributed by atoms with van der Waals surface area (Å²) in [5, 5.41) is 0. The quantitative estimate of drug-likeness (QED) is 0.667. The molecular weight excluding hydrogens is 258 g/mol. The second kappa shape index (κ2) is 4.19. The molecule has 0 aliphatic heterocycles. The van der Waals surface area contributed by atoms with E-state index in [9.17, 15) is 8.42 Å². The van der Waals surface area contributed by atoms with Crippen molar-refractivity contribution in [2.45, 2.75) is 6.54 Å². The third-order valence-electron chi connectivity index (χ3n) is 1.40. The van der Waals surface area contributed by atoms with Gasteiger partial charge in [-0.1, -0.05) is 30.3 Å². The van der Waals surface area contributed by atoms with Gasteiger partial charge in [0.15, 0.2) is 0 Å². The Morgan fingerprint density at radius 2 is 1.85 bits per heavy atom. The third-order valence-corrected chi connectivity index (χ3v) is 3.38. The first-order valence-electron chi connectivity index (χ1n) is 3.45. The summed E-state index contributed by atoms with van der Waals surface area (Å²) in [5.41, 5.74) is 0.789. The highest BCUT2D eigenvalue weighted by Crippen LogP contribution is 2.11. The molecule has 0 spiro atoms. The number of benzene rings is 1. The van der Waals surface area contributed by atoms with Crippen LogP contribution in [0.4, 0.5) is 0 Å². The standard InChI is InChI=1S/C7H8BrNO3S/c8-9(13(10,11)12)6-7-4-2-1-3-5-7/h1-5H,6H2,(H,10,11,12). The first-order chi connectivity index (χ1) is 6.00. The normalized spacial score (nSPS) is 11.9. The molecule has 0 radical (unpaired) electrons. The minimum Gasteiger partial charge on any atom is -0.273 e. The highest BCUT2D eigenvalue weighted by molar-refractivity contribution is 9.08. The van der Waals surface area contributed by atoms with E-state index in [1.54, 1.807) is 24.3 Å². The van der Waals surface area contributed by atoms with Crippen molar-refractivity contribution in [1.29, 1.82) is 0 Å². The molecule has 0 aromatic heterocycles. The van der Waals surface area contributed by atoms with Gasteiger partial charge in [0.25, 0.3) is 0 Å². The van der Waals surface area contributed by atoms with Crippen molar-refractivity contribution in [3.8, 4) is 0 Å². The van der Waals surface area contributed by atoms with Crippen LogP contribution in [0.3, 0.4) is 0 Å². The molecule has 0 saturated heterocycles. The molecule has 13 heavy (non-hydrogen) atoms. The predicted molar refractivity (Wildman–Crippen MR) is 52.5 cm³/mol. The summed E-state index contributed by atoms with van der Waals surface area (Å²) in [5.74, 6) is 0. The maximum atomic E-state index is 10.6. The Morgan fingerprint density at radius 1 is 1.31 bits per heavy atom. The van der Waals surface area contributed by atoms with E-state index in [1.807, 2.05) is 6.07 Å². The molecular formula is C7H8BrNO3S. The monoisotopic (exact) mass is 265 g/mol. The Balaban J connectivity index is 2.72. The molecule has 1 N–H and O–H groups in total. The zero-order valence-electron chi connectivity index (χ0n) is 6.59. The van der Waals surface area contributed by atoms with Crippen LogP contribution >= 0.6 is 16.1 Å². The van der Waals surface area contributed by atoms with Gasteiger partial charge in [0.2, 0.25) is 0 Å². The van der Waals surface area contributed by atoms with Crippen LogP contribution in [-0.2, 0) is 16.8 Å². The first kappa shape index (κ1) is 10.6. The Labute approximate surface area is 85.4 Å². The minimum absolute atomic E-state index is 0.0969. The molecule has 0 aliphatic rings. The van der Waals surface area contributed by atoms with Gasteiger partial charge in [-0.15, -0.1) is 3.33 Å². The van der Waals surface area contributed by atoms with Crippen molar-refractivity contribution in [2.75, 3.05) is 0 Å². The average Bonchev–Trinajstić information content (AvgIpc) is 2.04. The van der Waals surface area contributed by atoms with Crippen LogP contribution in [0.5, 0.6) is 0 Å². The fraction of sp³-hybridized carbons (Fsp3) is 0.143. The van der Waals surface area contributed by atoms with Crippen LogP contribution in [0.15, 0.2) is 30.3 Å². The van der Waals surface area contributed by atoms with Crippen molar-refractivity contribution in [3.63, 3.8) is 0 Å². The Kier molecular flexibility index (Phi) is 3.43. The van der Waals surface area contributed by atoms with E-state index in [2.05, 4.69) is 16.1 Å². The lowest BCUT2D eigenvalue weighted by Gasteiger charge is -2.09. The van der Waals surface area contributed by atoms with E-state index in [-0.39, 0.29) is 6.54 Å². The highest BCUT2D eigenvalue weighted by atomic mass is 79.9. The zero-order chi connectivity index (χ0) is 9.90. The van der Waals surface area contributed by atoms with Crippen LogP contribution in [0.1, 0.15) is 5.56 Å². The van der Waals surface area contributed by atoms with Crippen molar-refractivity contribution >= 4 is 26.5 Å². The van der Waals surface area contributed by atoms with Gasteiger partial charge in [-0.05, 0) is 5.56 Å². The number of rotatable bonds is 3. The van der Waals surface area contributed by atoms with Crippen molar-refractivity contribution in [1.82, 2.24) is 3.33 Å². The topological polar surface area (TPSA) is 57.6 Å². The van der Waals surface area contributed by atoms with Crippen LogP contribution in [-0.4, -0.2) is 16.3 Å². The first-order valence-corrected chi connectivity index (χ1v) is 5.55. The second-order valence-electron chi connectivity index (χ2n) is 2.41. The predicted octanol–water partition coefficient (Wildman–Crippen LogP) is 1.60.